The average molecular weight is 767 g/mol. The second-order valence-electron chi connectivity index (χ2n) is 12.5. The fraction of sp³-hybridized carbons (Fsp3) is 0.205. The molecule has 0 radical (unpaired) electrons. The minimum atomic E-state index is -4.42. The highest BCUT2D eigenvalue weighted by atomic mass is 32.2. The van der Waals surface area contributed by atoms with Crippen molar-refractivity contribution >= 4 is 50.7 Å². The van der Waals surface area contributed by atoms with Gasteiger partial charge >= 0.3 is 0 Å². The molecule has 0 atom stereocenters. The molecule has 278 valence electrons. The van der Waals surface area contributed by atoms with Gasteiger partial charge in [0.2, 0.25) is 5.91 Å². The van der Waals surface area contributed by atoms with Crippen molar-refractivity contribution in [3.05, 3.63) is 137 Å². The number of piperazine rings is 1. The molecule has 1 saturated heterocycles. The van der Waals surface area contributed by atoms with Crippen molar-refractivity contribution in [2.45, 2.75) is 22.6 Å². The van der Waals surface area contributed by atoms with Gasteiger partial charge in [-0.2, -0.15) is 0 Å². The van der Waals surface area contributed by atoms with E-state index in [-0.39, 0.29) is 22.9 Å². The highest BCUT2D eigenvalue weighted by Gasteiger charge is 2.25. The Kier molecular flexibility index (Phi) is 12.1. The summed E-state index contributed by atoms with van der Waals surface area (Å²) in [5, 5.41) is 24.7. The quantitative estimate of drug-likeness (QED) is 0.0526. The van der Waals surface area contributed by atoms with E-state index in [0.29, 0.717) is 51.3 Å². The minimum Gasteiger partial charge on any atom is -0.506 e. The van der Waals surface area contributed by atoms with Crippen LogP contribution in [0.2, 0.25) is 0 Å². The molecule has 1 aromatic heterocycles. The number of rotatable bonds is 14. The van der Waals surface area contributed by atoms with E-state index in [9.17, 15) is 33.2 Å². The number of aryl methyl sites for hydroxylation is 1. The number of carbonyl (C=O) groups is 2. The molecule has 2 heterocycles. The maximum Gasteiger partial charge on any atom is 0.293 e. The largest absolute Gasteiger partial charge is 0.506 e. The molecule has 2 amide bonds. The molecule has 4 aromatic carbocycles. The first-order chi connectivity index (χ1) is 26.1. The summed E-state index contributed by atoms with van der Waals surface area (Å²) in [7, 11) is -4.42. The number of hydrogen-bond acceptors (Lipinski definition) is 11. The number of pyridine rings is 1. The zero-order valence-electron chi connectivity index (χ0n) is 29.1. The highest BCUT2D eigenvalue weighted by molar-refractivity contribution is 7.99. The van der Waals surface area contributed by atoms with E-state index in [1.807, 2.05) is 64.2 Å². The summed E-state index contributed by atoms with van der Waals surface area (Å²) in [6, 6.07) is 29.0. The van der Waals surface area contributed by atoms with E-state index >= 15 is 0 Å². The first kappa shape index (κ1) is 37.8. The number of anilines is 2. The first-order valence-corrected chi connectivity index (χ1v) is 19.7. The van der Waals surface area contributed by atoms with Crippen LogP contribution in [0.5, 0.6) is 5.75 Å². The Morgan fingerprint density at radius 3 is 2.33 bits per heavy atom. The molecule has 0 aliphatic carbocycles. The van der Waals surface area contributed by atoms with E-state index in [4.69, 9.17) is 0 Å². The number of thioether (sulfide) groups is 1. The number of aromatic hydroxyl groups is 1. The molecule has 54 heavy (non-hydrogen) atoms. The molecular formula is C39H38N6O7S2. The van der Waals surface area contributed by atoms with Gasteiger partial charge < -0.3 is 20.2 Å². The number of benzene rings is 4. The number of nitrogens with zero attached hydrogens (tertiary/aromatic N) is 4. The Labute approximate surface area is 317 Å². The predicted octanol–water partition coefficient (Wildman–Crippen LogP) is 5.97. The van der Waals surface area contributed by atoms with Crippen molar-refractivity contribution in [3.63, 3.8) is 0 Å². The molecule has 1 fully saturated rings. The van der Waals surface area contributed by atoms with Crippen LogP contribution in [-0.2, 0) is 21.2 Å². The Balaban J connectivity index is 0.996. The predicted molar refractivity (Wildman–Crippen MR) is 208 cm³/mol. The van der Waals surface area contributed by atoms with Crippen molar-refractivity contribution in [2.75, 3.05) is 48.7 Å². The number of aromatic nitrogens is 1. The molecule has 0 bridgehead atoms. The van der Waals surface area contributed by atoms with Gasteiger partial charge in [-0.25, -0.2) is 13.1 Å². The third-order valence-corrected chi connectivity index (χ3v) is 11.3. The second-order valence-corrected chi connectivity index (χ2v) is 15.3. The number of nitrogens with one attached hydrogen (secondary N) is 2. The molecule has 0 unspecified atom stereocenters. The van der Waals surface area contributed by atoms with Gasteiger partial charge in [-0.05, 0) is 72.1 Å². The zero-order chi connectivity index (χ0) is 38.1. The van der Waals surface area contributed by atoms with Gasteiger partial charge in [0, 0.05) is 78.9 Å². The van der Waals surface area contributed by atoms with Gasteiger partial charge in [-0.1, -0.05) is 42.5 Å². The van der Waals surface area contributed by atoms with E-state index in [2.05, 4.69) is 15.2 Å². The summed E-state index contributed by atoms with van der Waals surface area (Å²) in [4.78, 5) is 45.9. The average Bonchev–Trinajstić information content (AvgIpc) is 3.19. The second kappa shape index (κ2) is 17.3. The summed E-state index contributed by atoms with van der Waals surface area (Å²) < 4.78 is 28.2. The lowest BCUT2D eigenvalue weighted by atomic mass is 9.97. The first-order valence-electron chi connectivity index (χ1n) is 17.2. The van der Waals surface area contributed by atoms with Crippen molar-refractivity contribution in [3.8, 4) is 16.9 Å². The lowest BCUT2D eigenvalue weighted by Gasteiger charge is -2.36. The van der Waals surface area contributed by atoms with Gasteiger partial charge in [0.05, 0.1) is 16.0 Å². The standard InChI is InChI=1S/C39H38N6O7S2/c46-32-24-30(26-40-27-32)35-9-5-4-6-28(35)12-17-38(47)44-21-19-43(20-22-44)31-13-10-29(11-14-31)39(48)42-54(51,52)34-15-16-36(37(25-34)45(49)50)41-18-23-53-33-7-2-1-3-8-33/h1-11,13-16,24-27,41,46H,12,17-23H2,(H,42,48). The molecule has 0 spiro atoms. The van der Waals surface area contributed by atoms with Crippen LogP contribution in [0.25, 0.3) is 11.1 Å². The SMILES string of the molecule is O=C(NS(=O)(=O)c1ccc(NCCSc2ccccc2)c([N+](=O)[O-])c1)c1ccc(N2CCN(C(=O)CCc3ccccc3-c3cncc(O)c3)CC2)cc1. The number of hydrogen-bond donors (Lipinski definition) is 3. The van der Waals surface area contributed by atoms with Crippen LogP contribution in [0.3, 0.4) is 0 Å². The van der Waals surface area contributed by atoms with Crippen LogP contribution in [-0.4, -0.2) is 78.6 Å². The number of amides is 2. The van der Waals surface area contributed by atoms with Crippen LogP contribution in [0.15, 0.2) is 125 Å². The molecule has 1 aliphatic heterocycles. The lowest BCUT2D eigenvalue weighted by Crippen LogP contribution is -2.48. The van der Waals surface area contributed by atoms with Gasteiger partial charge in [-0.3, -0.25) is 24.7 Å². The molecule has 1 aliphatic rings. The Morgan fingerprint density at radius 2 is 1.61 bits per heavy atom. The van der Waals surface area contributed by atoms with Gasteiger partial charge in [0.15, 0.2) is 0 Å². The van der Waals surface area contributed by atoms with Crippen molar-refractivity contribution in [2.24, 2.45) is 0 Å². The van der Waals surface area contributed by atoms with E-state index < -0.39 is 31.4 Å². The number of nitro benzene ring substituents is 1. The third-order valence-electron chi connectivity index (χ3n) is 8.92. The van der Waals surface area contributed by atoms with Crippen molar-refractivity contribution in [1.29, 1.82) is 0 Å². The minimum absolute atomic E-state index is 0.0425. The number of sulfonamides is 1. The monoisotopic (exact) mass is 766 g/mol. The maximum absolute atomic E-state index is 13.1. The number of carbonyl (C=O) groups excluding carboxylic acids is 2. The van der Waals surface area contributed by atoms with E-state index in [1.165, 1.54) is 30.5 Å². The fourth-order valence-electron chi connectivity index (χ4n) is 6.12. The molecule has 13 nitrogen and oxygen atoms in total. The third kappa shape index (κ3) is 9.53. The summed E-state index contributed by atoms with van der Waals surface area (Å²) >= 11 is 1.58. The topological polar surface area (TPSA) is 175 Å². The molecule has 0 saturated carbocycles. The van der Waals surface area contributed by atoms with Crippen LogP contribution in [0.4, 0.5) is 17.1 Å². The van der Waals surface area contributed by atoms with Crippen LogP contribution in [0, 0.1) is 10.1 Å². The van der Waals surface area contributed by atoms with Gasteiger partial charge in [-0.15, -0.1) is 11.8 Å². The summed E-state index contributed by atoms with van der Waals surface area (Å²) in [5.41, 5.74) is 3.36. The van der Waals surface area contributed by atoms with Crippen molar-refractivity contribution in [1.82, 2.24) is 14.6 Å². The van der Waals surface area contributed by atoms with Crippen LogP contribution < -0.4 is 14.9 Å². The smallest absolute Gasteiger partial charge is 0.293 e. The normalized spacial score (nSPS) is 13.0. The molecule has 6 rings (SSSR count). The molecule has 3 N–H and O–H groups in total. The summed E-state index contributed by atoms with van der Waals surface area (Å²) in [5.74, 6) is -0.125. The Morgan fingerprint density at radius 1 is 0.889 bits per heavy atom. The van der Waals surface area contributed by atoms with Gasteiger partial charge in [0.25, 0.3) is 21.6 Å². The number of nitro groups is 1. The lowest BCUT2D eigenvalue weighted by molar-refractivity contribution is -0.384. The van der Waals surface area contributed by atoms with Crippen LogP contribution >= 0.6 is 11.8 Å². The Bertz CT molecular complexity index is 2230. The molecule has 5 aromatic rings. The molecule has 15 heteroatoms. The van der Waals surface area contributed by atoms with Gasteiger partial charge in [0.1, 0.15) is 11.4 Å². The fourth-order valence-corrected chi connectivity index (χ4v) is 7.91. The Hall–Kier alpha value is -5.93. The highest BCUT2D eigenvalue weighted by Crippen LogP contribution is 2.29. The van der Waals surface area contributed by atoms with Crippen molar-refractivity contribution < 1.29 is 28.0 Å². The molecular weight excluding hydrogens is 729 g/mol. The van der Waals surface area contributed by atoms with E-state index in [1.54, 1.807) is 36.2 Å². The zero-order valence-corrected chi connectivity index (χ0v) is 30.8. The summed E-state index contributed by atoms with van der Waals surface area (Å²) in [6.07, 6.45) is 3.93. The summed E-state index contributed by atoms with van der Waals surface area (Å²) in [6.45, 7) is 2.60. The van der Waals surface area contributed by atoms with E-state index in [0.717, 1.165) is 33.3 Å². The van der Waals surface area contributed by atoms with Crippen LogP contribution in [0.1, 0.15) is 22.3 Å². The maximum atomic E-state index is 13.1.